The van der Waals surface area contributed by atoms with Crippen molar-refractivity contribution in [1.29, 1.82) is 0 Å². The lowest BCUT2D eigenvalue weighted by molar-refractivity contribution is 0.303. The van der Waals surface area contributed by atoms with Crippen LogP contribution in [0.25, 0.3) is 78.9 Å². The van der Waals surface area contributed by atoms with Crippen LogP contribution in [0.1, 0.15) is 143 Å². The molecular formula is C116H96N2O. The molecule has 0 aliphatic heterocycles. The van der Waals surface area contributed by atoms with E-state index in [2.05, 4.69) is 411 Å². The summed E-state index contributed by atoms with van der Waals surface area (Å²) in [7, 11) is 0. The highest BCUT2D eigenvalue weighted by Crippen LogP contribution is 2.65. The quantitative estimate of drug-likeness (QED) is 0.0455. The third-order valence-electron chi connectivity index (χ3n) is 26.4. The van der Waals surface area contributed by atoms with E-state index in [1.807, 2.05) is 12.2 Å². The smallest absolute Gasteiger partial charge is 0.119 e. The topological polar surface area (TPSA) is 15.7 Å². The van der Waals surface area contributed by atoms with Gasteiger partial charge in [0.1, 0.15) is 5.75 Å². The molecule has 3 heteroatoms. The number of nitrogens with zero attached hydrogens (tertiary/aromatic N) is 2. The molecule has 0 aromatic heterocycles. The summed E-state index contributed by atoms with van der Waals surface area (Å²) < 4.78 is 6.28. The van der Waals surface area contributed by atoms with Gasteiger partial charge in [-0.2, -0.15) is 0 Å². The molecule has 1 spiro atoms. The molecule has 0 saturated carbocycles. The van der Waals surface area contributed by atoms with Gasteiger partial charge in [-0.3, -0.25) is 0 Å². The van der Waals surface area contributed by atoms with Crippen molar-refractivity contribution in [1.82, 2.24) is 0 Å². The van der Waals surface area contributed by atoms with Crippen LogP contribution in [0, 0.1) is 0 Å². The zero-order valence-corrected chi connectivity index (χ0v) is 67.5. The Morgan fingerprint density at radius 1 is 0.244 bits per heavy atom. The van der Waals surface area contributed by atoms with Crippen LogP contribution in [0.2, 0.25) is 0 Å². The van der Waals surface area contributed by atoms with Crippen LogP contribution in [0.4, 0.5) is 34.1 Å². The first-order chi connectivity index (χ1) is 58.9. The number of benzene rings is 16. The Balaban J connectivity index is 0.720. The summed E-state index contributed by atoms with van der Waals surface area (Å²) in [6.07, 6.45) is 16.9. The van der Waals surface area contributed by atoms with Crippen molar-refractivity contribution < 1.29 is 4.74 Å². The second kappa shape index (κ2) is 32.1. The zero-order chi connectivity index (χ0) is 79.7. The lowest BCUT2D eigenvalue weighted by Crippen LogP contribution is -2.27. The Hall–Kier alpha value is -13.6. The zero-order valence-electron chi connectivity index (χ0n) is 67.5. The van der Waals surface area contributed by atoms with Gasteiger partial charge in [0.15, 0.2) is 0 Å². The van der Waals surface area contributed by atoms with Gasteiger partial charge < -0.3 is 14.5 Å². The molecule has 0 saturated heterocycles. The molecule has 3 unspecified atom stereocenters. The molecule has 0 bridgehead atoms. The first kappa shape index (κ1) is 74.2. The number of unbranched alkanes of at least 4 members (excludes halogenated alkanes) is 7. The Labute approximate surface area is 702 Å². The van der Waals surface area contributed by atoms with Crippen molar-refractivity contribution in [3.8, 4) is 72.5 Å². The van der Waals surface area contributed by atoms with Crippen LogP contribution in [0.15, 0.2) is 401 Å². The molecular weight excluding hydrogens is 1440 g/mol. The summed E-state index contributed by atoms with van der Waals surface area (Å²) in [5, 5.41) is 0. The molecule has 0 fully saturated rings. The molecule has 0 amide bonds. The third kappa shape index (κ3) is 13.2. The van der Waals surface area contributed by atoms with Crippen LogP contribution in [-0.4, -0.2) is 6.61 Å². The van der Waals surface area contributed by atoms with Crippen molar-refractivity contribution in [2.24, 2.45) is 0 Å². The Kier molecular flexibility index (Phi) is 20.0. The molecule has 0 radical (unpaired) electrons. The van der Waals surface area contributed by atoms with Crippen molar-refractivity contribution in [2.75, 3.05) is 16.4 Å². The van der Waals surface area contributed by atoms with E-state index in [0.29, 0.717) is 6.61 Å². The number of hydrogen-bond acceptors (Lipinski definition) is 3. The summed E-state index contributed by atoms with van der Waals surface area (Å²) in [6.45, 7) is 8.61. The molecule has 16 aromatic carbocycles. The number of anilines is 6. The van der Waals surface area contributed by atoms with E-state index in [-0.39, 0.29) is 5.41 Å². The van der Waals surface area contributed by atoms with Gasteiger partial charge in [-0.05, 0) is 256 Å². The van der Waals surface area contributed by atoms with Crippen molar-refractivity contribution >= 4 is 46.3 Å². The molecule has 4 aliphatic rings. The maximum atomic E-state index is 6.28. The fourth-order valence-corrected chi connectivity index (χ4v) is 20.8. The van der Waals surface area contributed by atoms with Crippen LogP contribution < -0.4 is 14.5 Å². The maximum Gasteiger partial charge on any atom is 0.119 e. The molecule has 20 rings (SSSR count). The highest BCUT2D eigenvalue weighted by molar-refractivity contribution is 5.99. The monoisotopic (exact) mass is 1530 g/mol. The summed E-state index contributed by atoms with van der Waals surface area (Å²) in [6, 6.07) is 147. The fourth-order valence-electron chi connectivity index (χ4n) is 20.8. The van der Waals surface area contributed by atoms with Gasteiger partial charge in [-0.1, -0.05) is 374 Å². The minimum absolute atomic E-state index is 0.387. The van der Waals surface area contributed by atoms with E-state index in [4.69, 9.17) is 4.74 Å². The standard InChI is InChI=1S/C116H96N2O/c1-3-82-51-53-84(54-52-82)34-14-6-5-7-31-75-114(89-39-19-12-20-40-89)106-47-27-23-43-98(106)102-71-65-93(78-110(102)114)117(91-61-57-87(58-62-91)85-35-15-10-16-36-85)95-67-73-104-100-45-25-29-49-108(100)116(112(104)80-95)109-50-30-26-46-101(109)105-74-68-96(81-113(105)116)118(92-63-59-88(60-64-92)86-37-17-11-18-38-86)94-66-72-103-99-44-24-28-48-107(99)115(111(103)79-94,90-41-21-13-22-42-90)76-32-8-9-33-77-119-97-69-55-83(4-2)56-70-97/h3-4,10-13,15-30,35-74,78-81H,1-2,5-9,14,31-34,75-77H2. The molecule has 0 N–H and O–H groups in total. The second-order valence-corrected chi connectivity index (χ2v) is 32.9. The second-order valence-electron chi connectivity index (χ2n) is 32.9. The van der Waals surface area contributed by atoms with E-state index in [0.717, 1.165) is 96.8 Å². The Morgan fingerprint density at radius 3 is 0.975 bits per heavy atom. The molecule has 119 heavy (non-hydrogen) atoms. The average Bonchev–Trinajstić information content (AvgIpc) is 1.51. The van der Waals surface area contributed by atoms with Crippen LogP contribution >= 0.6 is 0 Å². The Bertz CT molecular complexity index is 5990. The maximum absolute atomic E-state index is 6.28. The molecule has 3 nitrogen and oxygen atoms in total. The number of aryl methyl sites for hydroxylation is 1. The van der Waals surface area contributed by atoms with Gasteiger partial charge in [-0.15, -0.1) is 0 Å². The number of rotatable bonds is 28. The predicted molar refractivity (Wildman–Crippen MR) is 500 cm³/mol. The lowest BCUT2D eigenvalue weighted by Gasteiger charge is -2.35. The molecule has 0 heterocycles. The van der Waals surface area contributed by atoms with Crippen molar-refractivity contribution in [3.63, 3.8) is 0 Å². The van der Waals surface area contributed by atoms with E-state index in [1.165, 1.54) is 159 Å². The van der Waals surface area contributed by atoms with E-state index < -0.39 is 10.8 Å². The van der Waals surface area contributed by atoms with E-state index in [9.17, 15) is 0 Å². The van der Waals surface area contributed by atoms with Crippen molar-refractivity contribution in [3.05, 3.63) is 474 Å². The van der Waals surface area contributed by atoms with Gasteiger partial charge >= 0.3 is 0 Å². The minimum atomic E-state index is -0.722. The van der Waals surface area contributed by atoms with Gasteiger partial charge in [0.2, 0.25) is 0 Å². The first-order valence-corrected chi connectivity index (χ1v) is 43.0. The van der Waals surface area contributed by atoms with Crippen LogP contribution in [0.5, 0.6) is 5.75 Å². The van der Waals surface area contributed by atoms with Crippen molar-refractivity contribution in [2.45, 2.75) is 93.3 Å². The normalized spacial score (nSPS) is 15.8. The van der Waals surface area contributed by atoms with Gasteiger partial charge in [0, 0.05) is 45.0 Å². The third-order valence-corrected chi connectivity index (χ3v) is 26.4. The van der Waals surface area contributed by atoms with Crippen LogP contribution in [-0.2, 0) is 22.7 Å². The summed E-state index contributed by atoms with van der Waals surface area (Å²) in [4.78, 5) is 5.13. The SMILES string of the molecule is C=Cc1ccc(CCCCCCCC2(c3ccccc3)c3ccccc3-c3ccc(N(c4ccc(-c5ccccc5)cc4)c4ccc5c(c4)C4(c6ccccc6-5)c5ccccc5-c5ccc(N(c6ccc(-c7ccccc7)cc6)c6ccc7c(c6)C(CCCCCCOc6ccc(C=C)cc6)(c6ccccc6)c6ccccc6-7)cc54)cc32)cc1. The van der Waals surface area contributed by atoms with Gasteiger partial charge in [-0.25, -0.2) is 0 Å². The molecule has 3 atom stereocenters. The number of fused-ring (bicyclic) bond motifs is 16. The molecule has 4 aliphatic carbocycles. The number of hydrogen-bond donors (Lipinski definition) is 0. The van der Waals surface area contributed by atoms with Gasteiger partial charge in [0.25, 0.3) is 0 Å². The van der Waals surface area contributed by atoms with E-state index in [1.54, 1.807) is 0 Å². The largest absolute Gasteiger partial charge is 0.494 e. The molecule has 16 aromatic rings. The molecule has 576 valence electrons. The number of ether oxygens (including phenoxy) is 1. The average molecular weight is 1530 g/mol. The fraction of sp³-hybridized carbons (Fsp3) is 0.138. The predicted octanol–water partition coefficient (Wildman–Crippen LogP) is 30.8. The first-order valence-electron chi connectivity index (χ1n) is 43.0. The minimum Gasteiger partial charge on any atom is -0.494 e. The lowest BCUT2D eigenvalue weighted by atomic mass is 9.69. The highest BCUT2D eigenvalue weighted by Gasteiger charge is 2.53. The summed E-state index contributed by atoms with van der Waals surface area (Å²) >= 11 is 0. The summed E-state index contributed by atoms with van der Waals surface area (Å²) in [5.74, 6) is 0.905. The van der Waals surface area contributed by atoms with Gasteiger partial charge in [0.05, 0.1) is 12.0 Å². The summed E-state index contributed by atoms with van der Waals surface area (Å²) in [5.41, 5.74) is 37.0. The highest BCUT2D eigenvalue weighted by atomic mass is 16.5. The van der Waals surface area contributed by atoms with E-state index >= 15 is 0 Å². The Morgan fingerprint density at radius 2 is 0.555 bits per heavy atom. The van der Waals surface area contributed by atoms with Crippen LogP contribution in [0.3, 0.4) is 0 Å².